The summed E-state index contributed by atoms with van der Waals surface area (Å²) in [6, 6.07) is 10.5. The number of ether oxygens (including phenoxy) is 1. The molecule has 27 heavy (non-hydrogen) atoms. The Bertz CT molecular complexity index is 939. The highest BCUT2D eigenvalue weighted by atomic mass is 35.5. The fourth-order valence-corrected chi connectivity index (χ4v) is 4.00. The van der Waals surface area contributed by atoms with Crippen molar-refractivity contribution >= 4 is 40.2 Å². The predicted octanol–water partition coefficient (Wildman–Crippen LogP) is 5.91. The van der Waals surface area contributed by atoms with E-state index in [1.54, 1.807) is 36.9 Å². The van der Waals surface area contributed by atoms with Crippen LogP contribution in [0.15, 0.2) is 42.6 Å². The molecule has 0 radical (unpaired) electrons. The van der Waals surface area contributed by atoms with Crippen molar-refractivity contribution < 1.29 is 13.9 Å². The second kappa shape index (κ2) is 8.81. The van der Waals surface area contributed by atoms with Crippen molar-refractivity contribution in [2.75, 3.05) is 12.9 Å². The molecule has 0 aliphatic rings. The highest BCUT2D eigenvalue weighted by Gasteiger charge is 2.23. The third kappa shape index (κ3) is 4.47. The van der Waals surface area contributed by atoms with Gasteiger partial charge in [-0.1, -0.05) is 23.7 Å². The Morgan fingerprint density at radius 2 is 2.04 bits per heavy atom. The third-order valence-corrected chi connectivity index (χ3v) is 5.34. The van der Waals surface area contributed by atoms with Gasteiger partial charge >= 0.3 is 5.97 Å². The molecule has 0 aliphatic heterocycles. The Morgan fingerprint density at radius 1 is 1.30 bits per heavy atom. The molecule has 0 saturated carbocycles. The van der Waals surface area contributed by atoms with Gasteiger partial charge in [-0.2, -0.15) is 11.8 Å². The minimum atomic E-state index is -0.285. The van der Waals surface area contributed by atoms with Crippen molar-refractivity contribution in [3.63, 3.8) is 0 Å². The van der Waals surface area contributed by atoms with Gasteiger partial charge in [-0.05, 0) is 54.1 Å². The van der Waals surface area contributed by atoms with Crippen molar-refractivity contribution in [2.24, 2.45) is 0 Å². The van der Waals surface area contributed by atoms with E-state index in [-0.39, 0.29) is 24.1 Å². The second-order valence-corrected chi connectivity index (χ2v) is 7.58. The van der Waals surface area contributed by atoms with E-state index in [0.717, 1.165) is 27.6 Å². The number of benzene rings is 2. The predicted molar refractivity (Wildman–Crippen MR) is 110 cm³/mol. The summed E-state index contributed by atoms with van der Waals surface area (Å²) < 4.78 is 19.4. The van der Waals surface area contributed by atoms with Crippen LogP contribution in [-0.4, -0.2) is 23.8 Å². The highest BCUT2D eigenvalue weighted by Crippen LogP contribution is 2.36. The van der Waals surface area contributed by atoms with Crippen molar-refractivity contribution in [1.82, 2.24) is 4.98 Å². The number of hydrogen-bond acceptors (Lipinski definition) is 3. The van der Waals surface area contributed by atoms with Crippen LogP contribution in [0.4, 0.5) is 4.39 Å². The maximum Gasteiger partial charge on any atom is 0.306 e. The van der Waals surface area contributed by atoms with Crippen molar-refractivity contribution in [1.29, 1.82) is 0 Å². The molecule has 1 heterocycles. The molecule has 0 fully saturated rings. The number of aromatic amines is 1. The molecular formula is C21H21ClFNO2S. The summed E-state index contributed by atoms with van der Waals surface area (Å²) in [4.78, 5) is 15.5. The van der Waals surface area contributed by atoms with Gasteiger partial charge in [-0.15, -0.1) is 0 Å². The van der Waals surface area contributed by atoms with E-state index in [2.05, 4.69) is 4.98 Å². The normalized spacial score (nSPS) is 12.3. The van der Waals surface area contributed by atoms with Crippen LogP contribution in [0, 0.1) is 5.82 Å². The first kappa shape index (κ1) is 19.8. The lowest BCUT2D eigenvalue weighted by Crippen LogP contribution is -2.11. The Labute approximate surface area is 167 Å². The average Bonchev–Trinajstić information content (AvgIpc) is 3.05. The Hall–Kier alpha value is -1.98. The van der Waals surface area contributed by atoms with Crippen molar-refractivity contribution in [2.45, 2.75) is 25.0 Å². The molecule has 2 aromatic carbocycles. The zero-order valence-corrected chi connectivity index (χ0v) is 16.8. The van der Waals surface area contributed by atoms with Crippen molar-refractivity contribution in [3.05, 3.63) is 70.1 Å². The van der Waals surface area contributed by atoms with Crippen molar-refractivity contribution in [3.8, 4) is 0 Å². The number of aromatic nitrogens is 1. The van der Waals surface area contributed by atoms with Gasteiger partial charge in [0.2, 0.25) is 0 Å². The lowest BCUT2D eigenvalue weighted by atomic mass is 9.88. The van der Waals surface area contributed by atoms with Crippen LogP contribution in [0.2, 0.25) is 5.02 Å². The first-order valence-electron chi connectivity index (χ1n) is 8.73. The Morgan fingerprint density at radius 3 is 2.70 bits per heavy atom. The number of carbonyl (C=O) groups excluding carboxylic acids is 1. The van der Waals surface area contributed by atoms with Crippen LogP contribution in [-0.2, 0) is 15.3 Å². The van der Waals surface area contributed by atoms with Gasteiger partial charge in [0.15, 0.2) is 0 Å². The molecule has 142 valence electrons. The molecule has 3 nitrogen and oxygen atoms in total. The molecule has 0 bridgehead atoms. The first-order valence-corrected chi connectivity index (χ1v) is 10.5. The molecule has 0 aliphatic carbocycles. The summed E-state index contributed by atoms with van der Waals surface area (Å²) in [7, 11) is 0. The lowest BCUT2D eigenvalue weighted by molar-refractivity contribution is -0.143. The monoisotopic (exact) mass is 405 g/mol. The van der Waals surface area contributed by atoms with Crippen LogP contribution in [0.25, 0.3) is 10.9 Å². The molecule has 0 spiro atoms. The molecule has 0 saturated heterocycles. The number of rotatable bonds is 7. The zero-order chi connectivity index (χ0) is 19.4. The molecule has 0 amide bonds. The Balaban J connectivity index is 2.11. The summed E-state index contributed by atoms with van der Waals surface area (Å²) in [5.74, 6) is -0.109. The molecule has 3 aromatic rings. The van der Waals surface area contributed by atoms with E-state index in [1.165, 1.54) is 6.07 Å². The van der Waals surface area contributed by atoms with Gasteiger partial charge in [0.05, 0.1) is 13.0 Å². The van der Waals surface area contributed by atoms with Gasteiger partial charge < -0.3 is 9.72 Å². The minimum Gasteiger partial charge on any atom is -0.466 e. The summed E-state index contributed by atoms with van der Waals surface area (Å²) >= 11 is 7.65. The quantitative estimate of drug-likeness (QED) is 0.497. The number of hydrogen-bond donors (Lipinski definition) is 1. The Kier molecular flexibility index (Phi) is 6.45. The molecular weight excluding hydrogens is 385 g/mol. The molecule has 1 N–H and O–H groups in total. The molecule has 3 rings (SSSR count). The number of nitrogens with one attached hydrogen (secondary N) is 1. The number of H-pyrrole nitrogens is 1. The minimum absolute atomic E-state index is 0.177. The van der Waals surface area contributed by atoms with Gasteiger partial charge in [0.25, 0.3) is 0 Å². The van der Waals surface area contributed by atoms with Crippen LogP contribution >= 0.6 is 23.4 Å². The summed E-state index contributed by atoms with van der Waals surface area (Å²) in [5, 5.41) is 1.42. The maximum atomic E-state index is 14.2. The third-order valence-electron chi connectivity index (χ3n) is 4.49. The van der Waals surface area contributed by atoms with Gasteiger partial charge in [0, 0.05) is 33.8 Å². The topological polar surface area (TPSA) is 42.1 Å². The molecule has 1 atom stereocenters. The van der Waals surface area contributed by atoms with Crippen LogP contribution in [0.5, 0.6) is 0 Å². The number of fused-ring (bicyclic) bond motifs is 1. The number of carbonyl (C=O) groups is 1. The van der Waals surface area contributed by atoms with E-state index in [4.69, 9.17) is 16.3 Å². The van der Waals surface area contributed by atoms with Gasteiger partial charge in [-0.3, -0.25) is 4.79 Å². The zero-order valence-electron chi connectivity index (χ0n) is 15.2. The highest BCUT2D eigenvalue weighted by molar-refractivity contribution is 7.97. The molecule has 1 aromatic heterocycles. The SMILES string of the molecule is CCOC(=O)CC(c1ccc(Cl)cc1)c1c[nH]c2c(CSC)cc(F)cc12. The van der Waals surface area contributed by atoms with E-state index in [0.29, 0.717) is 17.4 Å². The lowest BCUT2D eigenvalue weighted by Gasteiger charge is -2.17. The van der Waals surface area contributed by atoms with Crippen LogP contribution in [0.3, 0.4) is 0 Å². The molecule has 6 heteroatoms. The smallest absolute Gasteiger partial charge is 0.306 e. The maximum absolute atomic E-state index is 14.2. The van der Waals surface area contributed by atoms with E-state index in [9.17, 15) is 9.18 Å². The summed E-state index contributed by atoms with van der Waals surface area (Å²) in [6.45, 7) is 2.11. The number of esters is 1. The number of thioether (sulfide) groups is 1. The molecule has 1 unspecified atom stereocenters. The fraction of sp³-hybridized carbons (Fsp3) is 0.286. The first-order chi connectivity index (χ1) is 13.0. The van der Waals surface area contributed by atoms with Crippen LogP contribution < -0.4 is 0 Å². The average molecular weight is 406 g/mol. The summed E-state index contributed by atoms with van der Waals surface area (Å²) in [5.41, 5.74) is 3.63. The fourth-order valence-electron chi connectivity index (χ4n) is 3.34. The summed E-state index contributed by atoms with van der Waals surface area (Å²) in [6.07, 6.45) is 4.03. The van der Waals surface area contributed by atoms with Crippen LogP contribution in [0.1, 0.15) is 36.0 Å². The van der Waals surface area contributed by atoms with Gasteiger partial charge in [0.1, 0.15) is 5.82 Å². The largest absolute Gasteiger partial charge is 0.466 e. The second-order valence-electron chi connectivity index (χ2n) is 6.28. The standard InChI is InChI=1S/C21H21ClFNO2S/c1-3-26-20(25)10-17(13-4-6-15(22)7-5-13)19-11-24-21-14(12-27-2)8-16(23)9-18(19)21/h4-9,11,17,24H,3,10,12H2,1-2H3. The van der Waals surface area contributed by atoms with E-state index < -0.39 is 0 Å². The van der Waals surface area contributed by atoms with E-state index in [1.807, 2.05) is 24.6 Å². The number of halogens is 2. The van der Waals surface area contributed by atoms with Gasteiger partial charge in [-0.25, -0.2) is 4.39 Å². The van der Waals surface area contributed by atoms with E-state index >= 15 is 0 Å².